The fourth-order valence-corrected chi connectivity index (χ4v) is 2.78. The Morgan fingerprint density at radius 1 is 1.32 bits per heavy atom. The summed E-state index contributed by atoms with van der Waals surface area (Å²) in [5.41, 5.74) is 12.3. The average Bonchev–Trinajstić information content (AvgIpc) is 2.50. The highest BCUT2D eigenvalue weighted by Gasteiger charge is 2.20. The summed E-state index contributed by atoms with van der Waals surface area (Å²) in [6, 6.07) is 3.38. The van der Waals surface area contributed by atoms with Crippen LogP contribution in [0.3, 0.4) is 0 Å². The van der Waals surface area contributed by atoms with Gasteiger partial charge >= 0.3 is 0 Å². The first-order chi connectivity index (χ1) is 8.82. The van der Waals surface area contributed by atoms with E-state index in [1.165, 1.54) is 0 Å². The van der Waals surface area contributed by atoms with Crippen LogP contribution in [-0.4, -0.2) is 16.4 Å². The third kappa shape index (κ3) is 2.27. The monoisotopic (exact) mass is 298 g/mol. The van der Waals surface area contributed by atoms with Crippen molar-refractivity contribution in [2.75, 3.05) is 0 Å². The molecule has 7 heteroatoms. The number of carbonyl (C=O) groups excluding carboxylic acids is 1. The maximum atomic E-state index is 12.0. The van der Waals surface area contributed by atoms with Gasteiger partial charge in [0.25, 0.3) is 5.91 Å². The zero-order valence-corrected chi connectivity index (χ0v) is 11.9. The van der Waals surface area contributed by atoms with E-state index in [0.717, 1.165) is 16.5 Å². The van der Waals surface area contributed by atoms with E-state index in [-0.39, 0.29) is 5.96 Å². The zero-order chi connectivity index (χ0) is 14.3. The third-order valence-corrected chi connectivity index (χ3v) is 3.40. The fraction of sp³-hybridized carbons (Fsp3) is 0.167. The van der Waals surface area contributed by atoms with Gasteiger partial charge in [0.1, 0.15) is 5.69 Å². The van der Waals surface area contributed by atoms with Crippen LogP contribution in [0.25, 0.3) is 10.9 Å². The standard InChI is InChI=1S/C12H12Cl2N4O/c1-5-7-3-6(13)4-8(14)10(7)18(2)9(5)11(19)17-12(15)16/h3-4H,1-2H3,(H4,15,16,17,19). The molecule has 2 aromatic rings. The van der Waals surface area contributed by atoms with Crippen LogP contribution in [0.5, 0.6) is 0 Å². The van der Waals surface area contributed by atoms with Crippen molar-refractivity contribution in [3.05, 3.63) is 33.4 Å². The normalized spacial score (nSPS) is 10.7. The Morgan fingerprint density at radius 2 is 1.95 bits per heavy atom. The minimum Gasteiger partial charge on any atom is -0.370 e. The molecule has 0 atom stereocenters. The van der Waals surface area contributed by atoms with Crippen LogP contribution in [0.2, 0.25) is 10.0 Å². The Hall–Kier alpha value is -1.72. The van der Waals surface area contributed by atoms with Crippen LogP contribution in [-0.2, 0) is 7.05 Å². The number of nitrogens with two attached hydrogens (primary N) is 2. The van der Waals surface area contributed by atoms with Crippen LogP contribution in [0.1, 0.15) is 16.1 Å². The number of hydrogen-bond donors (Lipinski definition) is 2. The van der Waals surface area contributed by atoms with Crippen LogP contribution in [0, 0.1) is 6.92 Å². The number of benzene rings is 1. The maximum Gasteiger partial charge on any atom is 0.297 e. The second kappa shape index (κ2) is 4.75. The number of aryl methyl sites for hydroxylation is 2. The summed E-state index contributed by atoms with van der Waals surface area (Å²) < 4.78 is 1.66. The van der Waals surface area contributed by atoms with E-state index in [1.807, 2.05) is 0 Å². The number of nitrogens with zero attached hydrogens (tertiary/aromatic N) is 2. The summed E-state index contributed by atoms with van der Waals surface area (Å²) in [6.07, 6.45) is 0. The van der Waals surface area contributed by atoms with Gasteiger partial charge < -0.3 is 16.0 Å². The van der Waals surface area contributed by atoms with Crippen LogP contribution >= 0.6 is 23.2 Å². The van der Waals surface area contributed by atoms with E-state index < -0.39 is 5.91 Å². The molecule has 2 rings (SSSR count). The summed E-state index contributed by atoms with van der Waals surface area (Å²) in [7, 11) is 1.73. The highest BCUT2D eigenvalue weighted by molar-refractivity contribution is 6.38. The first-order valence-electron chi connectivity index (χ1n) is 5.41. The molecule has 1 aromatic heterocycles. The van der Waals surface area contributed by atoms with Gasteiger partial charge in [0.2, 0.25) is 0 Å². The van der Waals surface area contributed by atoms with Crippen LogP contribution < -0.4 is 11.5 Å². The largest absolute Gasteiger partial charge is 0.370 e. The Bertz CT molecular complexity index is 714. The number of hydrogen-bond acceptors (Lipinski definition) is 1. The Labute approximate surface area is 119 Å². The molecule has 0 saturated carbocycles. The van der Waals surface area contributed by atoms with Crippen molar-refractivity contribution in [2.45, 2.75) is 6.92 Å². The Morgan fingerprint density at radius 3 is 2.53 bits per heavy atom. The van der Waals surface area contributed by atoms with Gasteiger partial charge in [0.05, 0.1) is 10.5 Å². The van der Waals surface area contributed by atoms with E-state index in [9.17, 15) is 4.79 Å². The first kappa shape index (κ1) is 13.7. The van der Waals surface area contributed by atoms with Crippen LogP contribution in [0.4, 0.5) is 0 Å². The number of amides is 1. The molecule has 1 heterocycles. The lowest BCUT2D eigenvalue weighted by Gasteiger charge is -2.02. The maximum absolute atomic E-state index is 12.0. The molecule has 5 nitrogen and oxygen atoms in total. The molecule has 0 saturated heterocycles. The number of carbonyl (C=O) groups is 1. The molecular weight excluding hydrogens is 287 g/mol. The molecule has 0 spiro atoms. The quantitative estimate of drug-likeness (QED) is 0.625. The first-order valence-corrected chi connectivity index (χ1v) is 6.16. The molecule has 19 heavy (non-hydrogen) atoms. The van der Waals surface area contributed by atoms with Crippen molar-refractivity contribution < 1.29 is 4.79 Å². The number of fused-ring (bicyclic) bond motifs is 1. The van der Waals surface area contributed by atoms with Gasteiger partial charge in [-0.25, -0.2) is 0 Å². The number of halogens is 2. The van der Waals surface area contributed by atoms with Crippen molar-refractivity contribution in [1.29, 1.82) is 0 Å². The molecule has 1 aromatic carbocycles. The summed E-state index contributed by atoms with van der Waals surface area (Å²) in [5.74, 6) is -0.790. The summed E-state index contributed by atoms with van der Waals surface area (Å²) in [4.78, 5) is 15.6. The highest BCUT2D eigenvalue weighted by atomic mass is 35.5. The predicted octanol–water partition coefficient (Wildman–Crippen LogP) is 2.21. The zero-order valence-electron chi connectivity index (χ0n) is 10.4. The molecular formula is C12H12Cl2N4O. The van der Waals surface area contributed by atoms with Gasteiger partial charge in [-0.15, -0.1) is 0 Å². The summed E-state index contributed by atoms with van der Waals surface area (Å²) >= 11 is 12.1. The van der Waals surface area contributed by atoms with Gasteiger partial charge in [-0.3, -0.25) is 4.79 Å². The SMILES string of the molecule is Cc1c(C(=O)N=C(N)N)n(C)c2c(Cl)cc(Cl)cc12. The van der Waals surface area contributed by atoms with Crippen molar-refractivity contribution in [2.24, 2.45) is 23.5 Å². The molecule has 100 valence electrons. The highest BCUT2D eigenvalue weighted by Crippen LogP contribution is 2.33. The molecule has 0 aliphatic heterocycles. The van der Waals surface area contributed by atoms with Gasteiger partial charge in [-0.2, -0.15) is 4.99 Å². The fourth-order valence-electron chi connectivity index (χ4n) is 2.16. The minimum absolute atomic E-state index is 0.279. The molecule has 0 radical (unpaired) electrons. The lowest BCUT2D eigenvalue weighted by Crippen LogP contribution is -2.24. The Kier molecular flexibility index (Phi) is 3.43. The van der Waals surface area contributed by atoms with Crippen molar-refractivity contribution in [1.82, 2.24) is 4.57 Å². The van der Waals surface area contributed by atoms with E-state index in [1.54, 1.807) is 30.7 Å². The molecule has 0 bridgehead atoms. The van der Waals surface area contributed by atoms with Crippen LogP contribution in [0.15, 0.2) is 17.1 Å². The Balaban J connectivity index is 2.81. The molecule has 0 aliphatic carbocycles. The molecule has 0 fully saturated rings. The van der Waals surface area contributed by atoms with Crippen molar-refractivity contribution in [3.8, 4) is 0 Å². The number of rotatable bonds is 1. The smallest absolute Gasteiger partial charge is 0.297 e. The number of guanidine groups is 1. The van der Waals surface area contributed by atoms with E-state index >= 15 is 0 Å². The van der Waals surface area contributed by atoms with Crippen molar-refractivity contribution in [3.63, 3.8) is 0 Å². The van der Waals surface area contributed by atoms with Gasteiger partial charge in [0.15, 0.2) is 5.96 Å². The second-order valence-corrected chi connectivity index (χ2v) is 5.00. The molecule has 1 amide bonds. The number of aromatic nitrogens is 1. The van der Waals surface area contributed by atoms with E-state index in [2.05, 4.69) is 4.99 Å². The summed E-state index contributed by atoms with van der Waals surface area (Å²) in [6.45, 7) is 1.80. The average molecular weight is 299 g/mol. The lowest BCUT2D eigenvalue weighted by molar-refractivity contribution is 0.0995. The third-order valence-electron chi connectivity index (χ3n) is 2.89. The minimum atomic E-state index is -0.511. The molecule has 0 aliphatic rings. The molecule has 0 unspecified atom stereocenters. The van der Waals surface area contributed by atoms with Gasteiger partial charge in [0, 0.05) is 17.5 Å². The molecule has 4 N–H and O–H groups in total. The topological polar surface area (TPSA) is 86.4 Å². The predicted molar refractivity (Wildman–Crippen MR) is 77.8 cm³/mol. The number of aliphatic imine (C=N–C) groups is 1. The van der Waals surface area contributed by atoms with Crippen molar-refractivity contribution >= 4 is 46.0 Å². The van der Waals surface area contributed by atoms with E-state index in [0.29, 0.717) is 15.7 Å². The van der Waals surface area contributed by atoms with Gasteiger partial charge in [-0.05, 0) is 24.6 Å². The van der Waals surface area contributed by atoms with Gasteiger partial charge in [-0.1, -0.05) is 23.2 Å². The summed E-state index contributed by atoms with van der Waals surface area (Å²) in [5, 5.41) is 1.78. The lowest BCUT2D eigenvalue weighted by atomic mass is 10.1. The van der Waals surface area contributed by atoms with E-state index in [4.69, 9.17) is 34.7 Å². The second-order valence-electron chi connectivity index (χ2n) is 4.16.